The van der Waals surface area contributed by atoms with Crippen LogP contribution in [0.3, 0.4) is 0 Å². The Balaban J connectivity index is 1.46. The number of rotatable bonds is 4. The summed E-state index contributed by atoms with van der Waals surface area (Å²) in [5.74, 6) is -2.26. The first-order valence-corrected chi connectivity index (χ1v) is 8.89. The number of aromatic nitrogens is 2. The van der Waals surface area contributed by atoms with Gasteiger partial charge in [0.1, 0.15) is 11.6 Å². The van der Waals surface area contributed by atoms with Gasteiger partial charge in [-0.05, 0) is 48.5 Å². The van der Waals surface area contributed by atoms with Crippen LogP contribution in [0.5, 0.6) is 0 Å². The van der Waals surface area contributed by atoms with Crippen molar-refractivity contribution in [2.75, 3.05) is 5.32 Å². The Morgan fingerprint density at radius 2 is 1.78 bits per heavy atom. The monoisotopic (exact) mass is 381 g/mol. The lowest BCUT2D eigenvalue weighted by atomic mass is 10.2. The molecule has 1 heterocycles. The summed E-state index contributed by atoms with van der Waals surface area (Å²) in [6.07, 6.45) is 0. The number of para-hydroxylation sites is 2. The first kappa shape index (κ1) is 17.2. The summed E-state index contributed by atoms with van der Waals surface area (Å²) < 4.78 is 26.6. The van der Waals surface area contributed by atoms with Gasteiger partial charge in [-0.15, -0.1) is 0 Å². The second-order valence-corrected chi connectivity index (χ2v) is 6.83. The van der Waals surface area contributed by atoms with Crippen LogP contribution in [0.2, 0.25) is 0 Å². The number of fused-ring (bicyclic) bond motifs is 1. The second kappa shape index (κ2) is 7.20. The van der Waals surface area contributed by atoms with E-state index in [1.165, 1.54) is 11.8 Å². The smallest absolute Gasteiger partial charge is 0.258 e. The average molecular weight is 381 g/mol. The van der Waals surface area contributed by atoms with E-state index >= 15 is 0 Å². The number of hydrogen-bond acceptors (Lipinski definition) is 3. The van der Waals surface area contributed by atoms with E-state index in [1.807, 2.05) is 36.4 Å². The van der Waals surface area contributed by atoms with Gasteiger partial charge in [-0.3, -0.25) is 4.79 Å². The maximum atomic E-state index is 13.7. The minimum absolute atomic E-state index is 0.211. The SMILES string of the molecule is O=C(Nc1ccc(Sc2nc3ccccc3[nH]2)cc1)c1ccc(F)cc1F. The molecule has 0 saturated heterocycles. The Labute approximate surface area is 157 Å². The summed E-state index contributed by atoms with van der Waals surface area (Å²) in [6, 6.07) is 17.7. The Hall–Kier alpha value is -3.19. The van der Waals surface area contributed by atoms with E-state index in [2.05, 4.69) is 15.3 Å². The minimum atomic E-state index is -0.899. The Kier molecular flexibility index (Phi) is 4.60. The number of imidazole rings is 1. The van der Waals surface area contributed by atoms with Gasteiger partial charge in [-0.2, -0.15) is 0 Å². The predicted octanol–water partition coefficient (Wildman–Crippen LogP) is 5.24. The minimum Gasteiger partial charge on any atom is -0.333 e. The van der Waals surface area contributed by atoms with Crippen molar-refractivity contribution in [1.29, 1.82) is 0 Å². The number of nitrogens with zero attached hydrogens (tertiary/aromatic N) is 1. The van der Waals surface area contributed by atoms with Gasteiger partial charge in [0.2, 0.25) is 0 Å². The molecule has 0 aliphatic heterocycles. The molecule has 1 aromatic heterocycles. The first-order valence-electron chi connectivity index (χ1n) is 8.07. The molecule has 0 unspecified atom stereocenters. The Morgan fingerprint density at radius 3 is 2.52 bits per heavy atom. The molecule has 0 radical (unpaired) electrons. The number of aromatic amines is 1. The molecule has 1 amide bonds. The largest absolute Gasteiger partial charge is 0.333 e. The molecule has 4 rings (SSSR count). The molecule has 0 saturated carbocycles. The summed E-state index contributed by atoms with van der Waals surface area (Å²) in [5, 5.41) is 3.36. The molecule has 4 aromatic rings. The van der Waals surface area contributed by atoms with Crippen molar-refractivity contribution in [3.63, 3.8) is 0 Å². The van der Waals surface area contributed by atoms with Gasteiger partial charge < -0.3 is 10.3 Å². The summed E-state index contributed by atoms with van der Waals surface area (Å²) >= 11 is 1.46. The topological polar surface area (TPSA) is 57.8 Å². The lowest BCUT2D eigenvalue weighted by Crippen LogP contribution is -2.13. The number of H-pyrrole nitrogens is 1. The van der Waals surface area contributed by atoms with E-state index in [-0.39, 0.29) is 5.56 Å². The third kappa shape index (κ3) is 3.83. The highest BCUT2D eigenvalue weighted by Crippen LogP contribution is 2.28. The normalized spacial score (nSPS) is 10.9. The van der Waals surface area contributed by atoms with Gasteiger partial charge >= 0.3 is 0 Å². The molecular formula is C20H13F2N3OS. The quantitative estimate of drug-likeness (QED) is 0.508. The zero-order chi connectivity index (χ0) is 18.8. The van der Waals surface area contributed by atoms with Crippen molar-refractivity contribution in [1.82, 2.24) is 9.97 Å². The van der Waals surface area contributed by atoms with Crippen LogP contribution >= 0.6 is 11.8 Å². The number of anilines is 1. The summed E-state index contributed by atoms with van der Waals surface area (Å²) in [4.78, 5) is 20.8. The van der Waals surface area contributed by atoms with E-state index in [4.69, 9.17) is 0 Å². The molecule has 3 aromatic carbocycles. The van der Waals surface area contributed by atoms with Crippen LogP contribution in [0, 0.1) is 11.6 Å². The van der Waals surface area contributed by atoms with Crippen molar-refractivity contribution in [3.8, 4) is 0 Å². The maximum absolute atomic E-state index is 13.7. The predicted molar refractivity (Wildman–Crippen MR) is 101 cm³/mol. The summed E-state index contributed by atoms with van der Waals surface area (Å²) in [5.41, 5.74) is 2.16. The average Bonchev–Trinajstić information content (AvgIpc) is 3.05. The van der Waals surface area contributed by atoms with Crippen LogP contribution in [-0.2, 0) is 0 Å². The standard InChI is InChI=1S/C20H13F2N3OS/c21-12-5-10-15(16(22)11-12)19(26)23-13-6-8-14(9-7-13)27-20-24-17-3-1-2-4-18(17)25-20/h1-11H,(H,23,26)(H,24,25). The van der Waals surface area contributed by atoms with Gasteiger partial charge in [0, 0.05) is 16.6 Å². The zero-order valence-electron chi connectivity index (χ0n) is 13.9. The van der Waals surface area contributed by atoms with Crippen LogP contribution in [0.25, 0.3) is 11.0 Å². The lowest BCUT2D eigenvalue weighted by Gasteiger charge is -2.07. The lowest BCUT2D eigenvalue weighted by molar-refractivity contribution is 0.102. The summed E-state index contributed by atoms with van der Waals surface area (Å²) in [7, 11) is 0. The zero-order valence-corrected chi connectivity index (χ0v) is 14.7. The molecule has 0 spiro atoms. The van der Waals surface area contributed by atoms with E-state index in [9.17, 15) is 13.6 Å². The number of halogens is 2. The number of amides is 1. The van der Waals surface area contributed by atoms with Gasteiger partial charge in [-0.1, -0.05) is 23.9 Å². The van der Waals surface area contributed by atoms with Crippen LogP contribution in [0.1, 0.15) is 10.4 Å². The molecule has 0 aliphatic rings. The molecule has 0 bridgehead atoms. The van der Waals surface area contributed by atoms with Crippen molar-refractivity contribution in [2.24, 2.45) is 0 Å². The van der Waals surface area contributed by atoms with Gasteiger partial charge in [0.05, 0.1) is 16.6 Å². The molecule has 27 heavy (non-hydrogen) atoms. The van der Waals surface area contributed by atoms with Crippen LogP contribution < -0.4 is 5.32 Å². The fraction of sp³-hybridized carbons (Fsp3) is 0. The summed E-state index contributed by atoms with van der Waals surface area (Å²) in [6.45, 7) is 0. The molecule has 7 heteroatoms. The van der Waals surface area contributed by atoms with Crippen molar-refractivity contribution < 1.29 is 13.6 Å². The van der Waals surface area contributed by atoms with E-state index in [0.717, 1.165) is 33.2 Å². The molecule has 134 valence electrons. The molecule has 2 N–H and O–H groups in total. The fourth-order valence-corrected chi connectivity index (χ4v) is 3.37. The van der Waals surface area contributed by atoms with Crippen LogP contribution in [-0.4, -0.2) is 15.9 Å². The highest BCUT2D eigenvalue weighted by atomic mass is 32.2. The first-order chi connectivity index (χ1) is 13.1. The van der Waals surface area contributed by atoms with Crippen LogP contribution in [0.4, 0.5) is 14.5 Å². The van der Waals surface area contributed by atoms with Crippen molar-refractivity contribution >= 4 is 34.4 Å². The second-order valence-electron chi connectivity index (χ2n) is 5.76. The molecular weight excluding hydrogens is 368 g/mol. The number of benzene rings is 3. The van der Waals surface area contributed by atoms with Crippen LogP contribution in [0.15, 0.2) is 76.8 Å². The van der Waals surface area contributed by atoms with E-state index in [1.54, 1.807) is 12.1 Å². The number of carbonyl (C=O) groups is 1. The fourth-order valence-electron chi connectivity index (χ4n) is 2.57. The molecule has 0 atom stereocenters. The van der Waals surface area contributed by atoms with Crippen molar-refractivity contribution in [3.05, 3.63) is 83.9 Å². The Morgan fingerprint density at radius 1 is 1.00 bits per heavy atom. The van der Waals surface area contributed by atoms with E-state index in [0.29, 0.717) is 11.8 Å². The molecule has 0 fully saturated rings. The number of carbonyl (C=O) groups excluding carboxylic acids is 1. The highest BCUT2D eigenvalue weighted by molar-refractivity contribution is 7.99. The van der Waals surface area contributed by atoms with Gasteiger partial charge in [0.15, 0.2) is 5.16 Å². The third-order valence-electron chi connectivity index (χ3n) is 3.87. The van der Waals surface area contributed by atoms with Gasteiger partial charge in [-0.25, -0.2) is 13.8 Å². The number of hydrogen-bond donors (Lipinski definition) is 2. The third-order valence-corrected chi connectivity index (χ3v) is 4.76. The Bertz CT molecular complexity index is 1090. The van der Waals surface area contributed by atoms with Crippen molar-refractivity contribution in [2.45, 2.75) is 10.1 Å². The van der Waals surface area contributed by atoms with Gasteiger partial charge in [0.25, 0.3) is 5.91 Å². The highest BCUT2D eigenvalue weighted by Gasteiger charge is 2.13. The molecule has 0 aliphatic carbocycles. The van der Waals surface area contributed by atoms with E-state index < -0.39 is 17.5 Å². The number of nitrogens with one attached hydrogen (secondary N) is 2. The molecule has 4 nitrogen and oxygen atoms in total. The maximum Gasteiger partial charge on any atom is 0.258 e.